The van der Waals surface area contributed by atoms with Gasteiger partial charge < -0.3 is 34.4 Å². The van der Waals surface area contributed by atoms with E-state index in [2.05, 4.69) is 62.0 Å². The molecule has 4 aromatic rings. The minimum atomic E-state index is -3.28. The van der Waals surface area contributed by atoms with Gasteiger partial charge in [-0.1, -0.05) is 24.6 Å². The van der Waals surface area contributed by atoms with E-state index in [1.54, 1.807) is 6.20 Å². The SMILES string of the molecule is CC(C)n1cnc2cc(-c3ccc4c(c3)N([C@H]3C[C@@H](N5CCCCC5)C3)C(=O)C43CCN(C(=O)C4CN(C(=O)C5CCN(c6ccc(C7CCC(=O)NC7=O)cn6)CC5)CCC4(F)F)CC3)nc(NC3CC3)c21. The van der Waals surface area contributed by atoms with E-state index in [0.717, 1.165) is 89.5 Å². The number of hydrogen-bond acceptors (Lipinski definition) is 11. The van der Waals surface area contributed by atoms with Gasteiger partial charge in [-0.3, -0.25) is 29.3 Å². The zero-order chi connectivity index (χ0) is 50.3. The molecule has 2 aliphatic carbocycles. The number of carbonyl (C=O) groups is 5. The van der Waals surface area contributed by atoms with Crippen molar-refractivity contribution in [2.24, 2.45) is 11.8 Å². The summed E-state index contributed by atoms with van der Waals surface area (Å²) in [6.07, 6.45) is 13.0. The van der Waals surface area contributed by atoms with Gasteiger partial charge >= 0.3 is 0 Å². The topological polar surface area (TPSA) is 169 Å². The zero-order valence-electron chi connectivity index (χ0n) is 42.0. The lowest BCUT2D eigenvalue weighted by molar-refractivity contribution is -0.167. The van der Waals surface area contributed by atoms with E-state index in [9.17, 15) is 19.2 Å². The van der Waals surface area contributed by atoms with E-state index < -0.39 is 35.5 Å². The van der Waals surface area contributed by atoms with Crippen LogP contribution in [0.4, 0.5) is 26.1 Å². The number of amides is 5. The Morgan fingerprint density at radius 2 is 1.56 bits per heavy atom. The van der Waals surface area contributed by atoms with Gasteiger partial charge in [-0.2, -0.15) is 0 Å². The summed E-state index contributed by atoms with van der Waals surface area (Å²) in [5.41, 5.74) is 5.17. The molecule has 12 rings (SSSR count). The van der Waals surface area contributed by atoms with Gasteiger partial charge in [0.1, 0.15) is 17.3 Å². The number of aromatic nitrogens is 4. The maximum absolute atomic E-state index is 16.0. The van der Waals surface area contributed by atoms with Crippen LogP contribution in [-0.4, -0.2) is 140 Å². The van der Waals surface area contributed by atoms with E-state index in [0.29, 0.717) is 57.3 Å². The molecular weight excluding hydrogens is 933 g/mol. The van der Waals surface area contributed by atoms with Crippen LogP contribution in [0.25, 0.3) is 22.3 Å². The van der Waals surface area contributed by atoms with Crippen LogP contribution < -0.4 is 20.4 Å². The molecule has 2 N–H and O–H groups in total. The Morgan fingerprint density at radius 3 is 2.26 bits per heavy atom. The van der Waals surface area contributed by atoms with Gasteiger partial charge in [0, 0.05) is 99.6 Å². The minimum Gasteiger partial charge on any atom is -0.366 e. The monoisotopic (exact) mass is 1000 g/mol. The third-order valence-electron chi connectivity index (χ3n) is 17.8. The minimum absolute atomic E-state index is 0.0310. The number of fused-ring (bicyclic) bond motifs is 3. The Kier molecular flexibility index (Phi) is 12.3. The van der Waals surface area contributed by atoms with Gasteiger partial charge in [-0.25, -0.2) is 23.7 Å². The molecule has 3 aromatic heterocycles. The van der Waals surface area contributed by atoms with Gasteiger partial charge in [-0.05, 0) is 127 Å². The highest BCUT2D eigenvalue weighted by Gasteiger charge is 2.57. The Balaban J connectivity index is 0.737. The largest absolute Gasteiger partial charge is 0.366 e. The summed E-state index contributed by atoms with van der Waals surface area (Å²) in [5, 5.41) is 6.05. The molecule has 2 unspecified atom stereocenters. The first kappa shape index (κ1) is 47.9. The predicted molar refractivity (Wildman–Crippen MR) is 271 cm³/mol. The first-order valence-corrected chi connectivity index (χ1v) is 27.1. The van der Waals surface area contributed by atoms with Crippen LogP contribution >= 0.6 is 0 Å². The number of likely N-dealkylation sites (tertiary alicyclic amines) is 3. The maximum atomic E-state index is 16.0. The summed E-state index contributed by atoms with van der Waals surface area (Å²) in [6.45, 7) is 7.40. The van der Waals surface area contributed by atoms with Crippen LogP contribution in [0.15, 0.2) is 48.9 Å². The fourth-order valence-electron chi connectivity index (χ4n) is 13.2. The van der Waals surface area contributed by atoms with E-state index in [1.807, 2.05) is 29.4 Å². The normalized spacial score (nSPS) is 26.6. The molecule has 0 radical (unpaired) electrons. The smallest absolute Gasteiger partial charge is 0.263 e. The average molecular weight is 1000 g/mol. The van der Waals surface area contributed by atoms with Gasteiger partial charge in [-0.15, -0.1) is 0 Å². The summed E-state index contributed by atoms with van der Waals surface area (Å²) in [7, 11) is 0. The van der Waals surface area contributed by atoms with Crippen LogP contribution in [0, 0.1) is 11.8 Å². The highest BCUT2D eigenvalue weighted by atomic mass is 19.3. The Bertz CT molecular complexity index is 2820. The summed E-state index contributed by atoms with van der Waals surface area (Å²) in [6, 6.07) is 13.1. The molecule has 386 valence electrons. The third kappa shape index (κ3) is 8.72. The number of anilines is 3. The standard InChI is InChI=1S/C55H67F2N11O5/c1-33(2)67-32-59-44-29-43(61-49(48(44)67)60-37-8-9-37)35-6-11-41-45(26-35)68(39-27-38(28-39)63-19-4-3-5-20-63)53(73)54(41)16-23-65(24-17-54)52(72)42-31-66(25-18-55(42,56)57)51(71)34-14-21-64(22-15-34)46-12-7-36(30-58-46)40-10-13-47(69)62-50(40)70/h6-7,11-12,26,29-30,32-34,37-40,42H,3-5,8-10,13-25,27-28,31H2,1-2H3,(H,60,61)(H,62,69,70)/t38-,39+,40?,42?. The van der Waals surface area contributed by atoms with Gasteiger partial charge in [0.25, 0.3) is 5.92 Å². The second kappa shape index (κ2) is 18.7. The highest BCUT2D eigenvalue weighted by molar-refractivity contribution is 6.09. The number of alkyl halides is 2. The number of imidazole rings is 1. The van der Waals surface area contributed by atoms with Crippen molar-refractivity contribution in [1.29, 1.82) is 0 Å². The molecule has 18 heteroatoms. The number of pyridine rings is 2. The number of piperidine rings is 5. The maximum Gasteiger partial charge on any atom is 0.263 e. The highest BCUT2D eigenvalue weighted by Crippen LogP contribution is 2.53. The van der Waals surface area contributed by atoms with Crippen molar-refractivity contribution in [2.75, 3.05) is 67.5 Å². The van der Waals surface area contributed by atoms with Crippen molar-refractivity contribution in [2.45, 2.75) is 145 Å². The quantitative estimate of drug-likeness (QED) is 0.161. The lowest BCUT2D eigenvalue weighted by Gasteiger charge is -2.48. The number of imide groups is 1. The van der Waals surface area contributed by atoms with Crippen molar-refractivity contribution < 1.29 is 32.8 Å². The molecule has 8 aliphatic rings. The predicted octanol–water partition coefficient (Wildman–Crippen LogP) is 6.79. The van der Waals surface area contributed by atoms with E-state index >= 15 is 13.6 Å². The Hall–Kier alpha value is -6.04. The Labute approximate surface area is 424 Å². The molecule has 7 fully saturated rings. The number of hydrogen-bond donors (Lipinski definition) is 2. The lowest BCUT2D eigenvalue weighted by Crippen LogP contribution is -2.60. The van der Waals surface area contributed by atoms with Crippen LogP contribution in [0.5, 0.6) is 0 Å². The molecule has 5 saturated heterocycles. The first-order chi connectivity index (χ1) is 35.2. The van der Waals surface area contributed by atoms with Gasteiger partial charge in [0.05, 0.1) is 28.9 Å². The number of halogens is 2. The number of carbonyl (C=O) groups excluding carboxylic acids is 5. The molecule has 0 bridgehead atoms. The average Bonchev–Trinajstić information content (AvgIpc) is 4.05. The molecule has 1 aromatic carbocycles. The second-order valence-corrected chi connectivity index (χ2v) is 22.6. The van der Waals surface area contributed by atoms with Gasteiger partial charge in [0.15, 0.2) is 5.82 Å². The molecule has 16 nitrogen and oxygen atoms in total. The molecule has 9 heterocycles. The van der Waals surface area contributed by atoms with Crippen molar-refractivity contribution in [3.63, 3.8) is 0 Å². The fourth-order valence-corrected chi connectivity index (χ4v) is 13.2. The molecule has 5 amide bonds. The molecule has 73 heavy (non-hydrogen) atoms. The van der Waals surface area contributed by atoms with E-state index in [4.69, 9.17) is 9.97 Å². The summed E-state index contributed by atoms with van der Waals surface area (Å²) >= 11 is 0. The number of nitrogens with one attached hydrogen (secondary N) is 2. The van der Waals surface area contributed by atoms with Crippen LogP contribution in [0.1, 0.15) is 127 Å². The molecule has 2 atom stereocenters. The second-order valence-electron chi connectivity index (χ2n) is 22.6. The van der Waals surface area contributed by atoms with E-state index in [1.165, 1.54) is 29.1 Å². The number of rotatable bonds is 10. The van der Waals surface area contributed by atoms with Crippen molar-refractivity contribution >= 4 is 57.9 Å². The van der Waals surface area contributed by atoms with Crippen molar-refractivity contribution in [3.05, 3.63) is 60.0 Å². The molecule has 6 aliphatic heterocycles. The molecule has 1 spiro atoms. The van der Waals surface area contributed by atoms with Crippen LogP contribution in [0.2, 0.25) is 0 Å². The molecule has 2 saturated carbocycles. The van der Waals surface area contributed by atoms with Crippen LogP contribution in [0.3, 0.4) is 0 Å². The van der Waals surface area contributed by atoms with E-state index in [-0.39, 0.29) is 74.2 Å². The summed E-state index contributed by atoms with van der Waals surface area (Å²) in [5.74, 6) is -5.63. The first-order valence-electron chi connectivity index (χ1n) is 27.1. The van der Waals surface area contributed by atoms with Crippen molar-refractivity contribution in [1.82, 2.24) is 39.5 Å². The Morgan fingerprint density at radius 1 is 0.808 bits per heavy atom. The lowest BCUT2D eigenvalue weighted by atomic mass is 9.73. The number of benzene rings is 1. The van der Waals surface area contributed by atoms with Crippen molar-refractivity contribution in [3.8, 4) is 11.3 Å². The zero-order valence-corrected chi connectivity index (χ0v) is 42.0. The number of nitrogens with zero attached hydrogens (tertiary/aromatic N) is 9. The summed E-state index contributed by atoms with van der Waals surface area (Å²) in [4.78, 5) is 92.0. The molecular formula is C55H67F2N11O5. The van der Waals surface area contributed by atoms with Crippen LogP contribution in [-0.2, 0) is 29.4 Å². The third-order valence-corrected chi connectivity index (χ3v) is 17.8. The van der Waals surface area contributed by atoms with Gasteiger partial charge in [0.2, 0.25) is 29.5 Å². The fraction of sp³-hybridized carbons (Fsp3) is 0.600. The summed E-state index contributed by atoms with van der Waals surface area (Å²) < 4.78 is 34.1.